The van der Waals surface area contributed by atoms with Gasteiger partial charge in [-0.2, -0.15) is 0 Å². The molecule has 1 rings (SSSR count). The molecule has 0 aromatic heterocycles. The first-order valence-electron chi connectivity index (χ1n) is 7.63. The third-order valence-electron chi connectivity index (χ3n) is 4.20. The molecule has 0 bridgehead atoms. The lowest BCUT2D eigenvalue weighted by Gasteiger charge is -2.19. The minimum atomic E-state index is -0.299. The first kappa shape index (κ1) is 16.7. The van der Waals surface area contributed by atoms with E-state index in [1.807, 2.05) is 0 Å². The lowest BCUT2D eigenvalue weighted by atomic mass is 9.87. The zero-order chi connectivity index (χ0) is 15.1. The van der Waals surface area contributed by atoms with Crippen molar-refractivity contribution >= 4 is 17.7 Å². The molecule has 2 N–H and O–H groups in total. The third-order valence-corrected chi connectivity index (χ3v) is 4.20. The van der Waals surface area contributed by atoms with Crippen molar-refractivity contribution in [2.75, 3.05) is 6.54 Å². The fourth-order valence-electron chi connectivity index (χ4n) is 2.92. The number of carbonyl (C=O) groups excluding carboxylic acids is 3. The molecule has 0 saturated carbocycles. The van der Waals surface area contributed by atoms with Crippen LogP contribution in [0.1, 0.15) is 58.8 Å². The van der Waals surface area contributed by atoms with Crippen LogP contribution in [0.15, 0.2) is 0 Å². The molecule has 20 heavy (non-hydrogen) atoms. The largest absolute Gasteiger partial charge is 0.370 e. The van der Waals surface area contributed by atoms with E-state index in [1.54, 1.807) is 0 Å². The first-order valence-corrected chi connectivity index (χ1v) is 7.63. The van der Waals surface area contributed by atoms with E-state index in [2.05, 4.69) is 13.8 Å². The Balaban J connectivity index is 2.41. The van der Waals surface area contributed by atoms with E-state index in [0.717, 1.165) is 32.1 Å². The molecule has 1 aliphatic rings. The summed E-state index contributed by atoms with van der Waals surface area (Å²) in [6.45, 7) is 4.61. The molecule has 0 aliphatic carbocycles. The highest BCUT2D eigenvalue weighted by atomic mass is 16.2. The van der Waals surface area contributed by atoms with Gasteiger partial charge < -0.3 is 5.73 Å². The van der Waals surface area contributed by atoms with Crippen molar-refractivity contribution in [3.63, 3.8) is 0 Å². The Labute approximate surface area is 120 Å². The lowest BCUT2D eigenvalue weighted by molar-refractivity contribution is -0.140. The molecule has 1 unspecified atom stereocenters. The summed E-state index contributed by atoms with van der Waals surface area (Å²) >= 11 is 0. The Morgan fingerprint density at radius 2 is 1.90 bits per heavy atom. The number of hydrogen-bond acceptors (Lipinski definition) is 3. The third kappa shape index (κ3) is 4.32. The summed E-state index contributed by atoms with van der Waals surface area (Å²) in [4.78, 5) is 36.2. The molecule has 1 aliphatic heterocycles. The molecule has 0 aromatic carbocycles. The second-order valence-electron chi connectivity index (χ2n) is 5.55. The van der Waals surface area contributed by atoms with E-state index in [4.69, 9.17) is 5.73 Å². The van der Waals surface area contributed by atoms with Crippen LogP contribution in [-0.2, 0) is 14.4 Å². The van der Waals surface area contributed by atoms with Crippen molar-refractivity contribution in [1.82, 2.24) is 4.90 Å². The number of nitrogens with zero attached hydrogens (tertiary/aromatic N) is 1. The van der Waals surface area contributed by atoms with Gasteiger partial charge >= 0.3 is 0 Å². The average molecular weight is 282 g/mol. The van der Waals surface area contributed by atoms with Gasteiger partial charge in [0.15, 0.2) is 0 Å². The minimum Gasteiger partial charge on any atom is -0.370 e. The lowest BCUT2D eigenvalue weighted by Crippen LogP contribution is -2.33. The van der Waals surface area contributed by atoms with Crippen LogP contribution >= 0.6 is 0 Å². The van der Waals surface area contributed by atoms with Crippen LogP contribution in [0.2, 0.25) is 0 Å². The van der Waals surface area contributed by atoms with Gasteiger partial charge in [-0.05, 0) is 18.8 Å². The van der Waals surface area contributed by atoms with Crippen LogP contribution in [0.5, 0.6) is 0 Å². The number of carbonyl (C=O) groups is 3. The zero-order valence-electron chi connectivity index (χ0n) is 12.6. The van der Waals surface area contributed by atoms with Crippen molar-refractivity contribution in [2.45, 2.75) is 58.8 Å². The number of rotatable bonds is 9. The summed E-state index contributed by atoms with van der Waals surface area (Å²) < 4.78 is 0. The second-order valence-corrected chi connectivity index (χ2v) is 5.55. The standard InChI is InChI=1S/C15H26N2O3/c1-3-11(4-2)12-10-14(19)17(15(12)20)9-7-5-6-8-13(16)18/h11-12H,3-10H2,1-2H3,(H2,16,18). The summed E-state index contributed by atoms with van der Waals surface area (Å²) in [6.07, 6.45) is 4.90. The van der Waals surface area contributed by atoms with Crippen LogP contribution < -0.4 is 5.73 Å². The van der Waals surface area contributed by atoms with Crippen molar-refractivity contribution in [2.24, 2.45) is 17.6 Å². The molecule has 1 saturated heterocycles. The molecular formula is C15H26N2O3. The van der Waals surface area contributed by atoms with Gasteiger partial charge in [-0.1, -0.05) is 33.1 Å². The van der Waals surface area contributed by atoms with E-state index < -0.39 is 0 Å². The Hall–Kier alpha value is -1.39. The van der Waals surface area contributed by atoms with Crippen LogP contribution in [0.4, 0.5) is 0 Å². The van der Waals surface area contributed by atoms with Gasteiger partial charge in [0.05, 0.1) is 5.92 Å². The first-order chi connectivity index (χ1) is 9.51. The van der Waals surface area contributed by atoms with Crippen LogP contribution in [0.3, 0.4) is 0 Å². The van der Waals surface area contributed by atoms with Gasteiger partial charge in [0.2, 0.25) is 17.7 Å². The molecule has 0 spiro atoms. The highest BCUT2D eigenvalue weighted by Crippen LogP contribution is 2.30. The molecule has 1 fully saturated rings. The van der Waals surface area contributed by atoms with Crippen molar-refractivity contribution in [3.05, 3.63) is 0 Å². The molecular weight excluding hydrogens is 256 g/mol. The number of likely N-dealkylation sites (tertiary alicyclic amines) is 1. The summed E-state index contributed by atoms with van der Waals surface area (Å²) in [5.41, 5.74) is 5.07. The molecule has 5 heteroatoms. The molecule has 0 radical (unpaired) electrons. The van der Waals surface area contributed by atoms with E-state index in [1.165, 1.54) is 4.90 Å². The number of amides is 3. The predicted octanol–water partition coefficient (Wildman–Crippen LogP) is 1.84. The van der Waals surface area contributed by atoms with Crippen LogP contribution in [0, 0.1) is 11.8 Å². The maximum absolute atomic E-state index is 12.3. The van der Waals surface area contributed by atoms with E-state index in [9.17, 15) is 14.4 Å². The number of hydrogen-bond donors (Lipinski definition) is 1. The van der Waals surface area contributed by atoms with Crippen molar-refractivity contribution in [1.29, 1.82) is 0 Å². The summed E-state index contributed by atoms with van der Waals surface area (Å²) in [6, 6.07) is 0. The topological polar surface area (TPSA) is 80.5 Å². The SMILES string of the molecule is CCC(CC)C1CC(=O)N(CCCCCC(N)=O)C1=O. The Kier molecular flexibility index (Phi) is 6.68. The number of nitrogens with two attached hydrogens (primary N) is 1. The molecule has 3 amide bonds. The van der Waals surface area contributed by atoms with E-state index >= 15 is 0 Å². The fourth-order valence-corrected chi connectivity index (χ4v) is 2.92. The molecule has 5 nitrogen and oxygen atoms in total. The summed E-state index contributed by atoms with van der Waals surface area (Å²) in [5.74, 6) is -0.151. The van der Waals surface area contributed by atoms with Gasteiger partial charge in [-0.25, -0.2) is 0 Å². The highest BCUT2D eigenvalue weighted by molar-refractivity contribution is 6.03. The van der Waals surface area contributed by atoms with Crippen LogP contribution in [-0.4, -0.2) is 29.2 Å². The van der Waals surface area contributed by atoms with Crippen molar-refractivity contribution < 1.29 is 14.4 Å². The minimum absolute atomic E-state index is 0.00130. The average Bonchev–Trinajstić information content (AvgIpc) is 2.67. The Morgan fingerprint density at radius 3 is 2.45 bits per heavy atom. The highest BCUT2D eigenvalue weighted by Gasteiger charge is 2.41. The predicted molar refractivity (Wildman–Crippen MR) is 76.6 cm³/mol. The fraction of sp³-hybridized carbons (Fsp3) is 0.800. The molecule has 0 aromatic rings. The maximum Gasteiger partial charge on any atom is 0.233 e. The summed E-state index contributed by atoms with van der Waals surface area (Å²) in [5, 5.41) is 0. The van der Waals surface area contributed by atoms with Gasteiger partial charge in [0.1, 0.15) is 0 Å². The molecule has 1 heterocycles. The van der Waals surface area contributed by atoms with E-state index in [-0.39, 0.29) is 23.6 Å². The number of unbranched alkanes of at least 4 members (excludes halogenated alkanes) is 2. The van der Waals surface area contributed by atoms with Gasteiger partial charge in [-0.3, -0.25) is 19.3 Å². The second kappa shape index (κ2) is 8.02. The quantitative estimate of drug-likeness (QED) is 0.517. The van der Waals surface area contributed by atoms with Crippen LogP contribution in [0.25, 0.3) is 0 Å². The Morgan fingerprint density at radius 1 is 1.25 bits per heavy atom. The Bertz CT molecular complexity index is 364. The number of imide groups is 1. The normalized spacial score (nSPS) is 19.1. The van der Waals surface area contributed by atoms with Gasteiger partial charge in [-0.15, -0.1) is 0 Å². The molecule has 1 atom stereocenters. The van der Waals surface area contributed by atoms with Gasteiger partial charge in [0.25, 0.3) is 0 Å². The molecule has 114 valence electrons. The summed E-state index contributed by atoms with van der Waals surface area (Å²) in [7, 11) is 0. The smallest absolute Gasteiger partial charge is 0.233 e. The maximum atomic E-state index is 12.3. The van der Waals surface area contributed by atoms with Crippen molar-refractivity contribution in [3.8, 4) is 0 Å². The van der Waals surface area contributed by atoms with Gasteiger partial charge in [0, 0.05) is 19.4 Å². The monoisotopic (exact) mass is 282 g/mol. The van der Waals surface area contributed by atoms with E-state index in [0.29, 0.717) is 25.3 Å². The zero-order valence-corrected chi connectivity index (χ0v) is 12.6. The number of primary amides is 1.